The maximum Gasteiger partial charge on any atom is 0.344 e. The van der Waals surface area contributed by atoms with Crippen molar-refractivity contribution in [2.75, 3.05) is 20.3 Å². The Morgan fingerprint density at radius 1 is 1.04 bits per heavy atom. The fourth-order valence-corrected chi connectivity index (χ4v) is 2.14. The molecule has 0 spiro atoms. The average Bonchev–Trinajstić information content (AvgIpc) is 2.65. The molecule has 26 heavy (non-hydrogen) atoms. The minimum atomic E-state index is -0.694. The van der Waals surface area contributed by atoms with E-state index < -0.39 is 24.2 Å². The Hall–Kier alpha value is -3.15. The van der Waals surface area contributed by atoms with Crippen molar-refractivity contribution in [3.8, 4) is 11.5 Å². The highest BCUT2D eigenvalue weighted by molar-refractivity contribution is 5.97. The topological polar surface area (TPSA) is 61.8 Å². The molecule has 2 rings (SSSR count). The first-order valence-electron chi connectivity index (χ1n) is 7.91. The number of allylic oxidation sites excluding steroid dienone is 1. The van der Waals surface area contributed by atoms with Crippen molar-refractivity contribution in [2.24, 2.45) is 0 Å². The lowest BCUT2D eigenvalue weighted by molar-refractivity contribution is -0.144. The summed E-state index contributed by atoms with van der Waals surface area (Å²) in [5, 5.41) is 0. The molecule has 0 heterocycles. The molecule has 0 amide bonds. The molecule has 0 radical (unpaired) electrons. The minimum absolute atomic E-state index is 0.265. The summed E-state index contributed by atoms with van der Waals surface area (Å²) in [7, 11) is 1.50. The van der Waals surface area contributed by atoms with E-state index in [9.17, 15) is 14.0 Å². The monoisotopic (exact) mass is 358 g/mol. The number of benzene rings is 2. The molecule has 0 aliphatic rings. The summed E-state index contributed by atoms with van der Waals surface area (Å²) >= 11 is 0. The number of methoxy groups -OCH3 is 1. The molecule has 6 heteroatoms. The summed E-state index contributed by atoms with van der Waals surface area (Å²) in [5.41, 5.74) is 1.20. The van der Waals surface area contributed by atoms with Crippen molar-refractivity contribution in [3.63, 3.8) is 0 Å². The van der Waals surface area contributed by atoms with Gasteiger partial charge in [0, 0.05) is 5.56 Å². The summed E-state index contributed by atoms with van der Waals surface area (Å²) < 4.78 is 28.3. The SMILES string of the molecule is CC=Cc1ccc(OCC(=O)OCC(=O)c2ccc(F)cc2)c(OC)c1. The van der Waals surface area contributed by atoms with Gasteiger partial charge in [-0.05, 0) is 48.9 Å². The third-order valence-electron chi connectivity index (χ3n) is 3.42. The Morgan fingerprint density at radius 2 is 1.77 bits per heavy atom. The number of ether oxygens (including phenoxy) is 3. The fourth-order valence-electron chi connectivity index (χ4n) is 2.14. The lowest BCUT2D eigenvalue weighted by Gasteiger charge is -2.11. The van der Waals surface area contributed by atoms with Crippen molar-refractivity contribution < 1.29 is 28.2 Å². The maximum atomic E-state index is 12.8. The predicted octanol–water partition coefficient (Wildman–Crippen LogP) is 3.67. The summed E-state index contributed by atoms with van der Waals surface area (Å²) in [6, 6.07) is 10.3. The van der Waals surface area contributed by atoms with Crippen molar-refractivity contribution in [2.45, 2.75) is 6.92 Å². The van der Waals surface area contributed by atoms with E-state index >= 15 is 0 Å². The Bertz CT molecular complexity index is 796. The molecule has 5 nitrogen and oxygen atoms in total. The first kappa shape index (κ1) is 19.2. The molecular weight excluding hydrogens is 339 g/mol. The molecule has 136 valence electrons. The second kappa shape index (κ2) is 9.36. The van der Waals surface area contributed by atoms with Crippen LogP contribution in [0.5, 0.6) is 11.5 Å². The zero-order valence-corrected chi connectivity index (χ0v) is 14.5. The third-order valence-corrected chi connectivity index (χ3v) is 3.42. The van der Waals surface area contributed by atoms with Crippen LogP contribution in [0.2, 0.25) is 0 Å². The van der Waals surface area contributed by atoms with Crippen LogP contribution in [0.4, 0.5) is 4.39 Å². The fraction of sp³-hybridized carbons (Fsp3) is 0.200. The maximum absolute atomic E-state index is 12.8. The van der Waals surface area contributed by atoms with Gasteiger partial charge in [-0.25, -0.2) is 9.18 Å². The highest BCUT2D eigenvalue weighted by Crippen LogP contribution is 2.28. The van der Waals surface area contributed by atoms with E-state index in [0.717, 1.165) is 5.56 Å². The Morgan fingerprint density at radius 3 is 2.42 bits per heavy atom. The first-order valence-corrected chi connectivity index (χ1v) is 7.91. The lowest BCUT2D eigenvalue weighted by atomic mass is 10.1. The van der Waals surface area contributed by atoms with Crippen molar-refractivity contribution >= 4 is 17.8 Å². The molecule has 0 bridgehead atoms. The van der Waals surface area contributed by atoms with Crippen LogP contribution >= 0.6 is 0 Å². The Balaban J connectivity index is 1.86. The first-order chi connectivity index (χ1) is 12.5. The van der Waals surface area contributed by atoms with Gasteiger partial charge in [0.2, 0.25) is 0 Å². The van der Waals surface area contributed by atoms with Gasteiger partial charge in [-0.2, -0.15) is 0 Å². The molecule has 2 aromatic carbocycles. The molecule has 0 saturated carbocycles. The zero-order chi connectivity index (χ0) is 18.9. The highest BCUT2D eigenvalue weighted by Gasteiger charge is 2.12. The standard InChI is InChI=1S/C20H19FO5/c1-3-4-14-5-10-18(19(11-14)24-2)25-13-20(23)26-12-17(22)15-6-8-16(21)9-7-15/h3-11H,12-13H2,1-2H3. The van der Waals surface area contributed by atoms with Crippen LogP contribution in [0.3, 0.4) is 0 Å². The van der Waals surface area contributed by atoms with Crippen molar-refractivity contribution in [3.05, 3.63) is 65.5 Å². The van der Waals surface area contributed by atoms with Crippen LogP contribution in [0.1, 0.15) is 22.8 Å². The predicted molar refractivity (Wildman–Crippen MR) is 94.9 cm³/mol. The molecule has 0 atom stereocenters. The molecule has 0 saturated heterocycles. The number of hydrogen-bond acceptors (Lipinski definition) is 5. The smallest absolute Gasteiger partial charge is 0.344 e. The quantitative estimate of drug-likeness (QED) is 0.532. The van der Waals surface area contributed by atoms with Gasteiger partial charge in [-0.3, -0.25) is 4.79 Å². The van der Waals surface area contributed by atoms with Crippen LogP contribution < -0.4 is 9.47 Å². The number of Topliss-reactive ketones (excluding diaryl/α,β-unsaturated/α-hetero) is 1. The van der Waals surface area contributed by atoms with Crippen LogP contribution in [-0.4, -0.2) is 32.1 Å². The molecule has 0 N–H and O–H groups in total. The zero-order valence-electron chi connectivity index (χ0n) is 14.5. The van der Waals surface area contributed by atoms with E-state index in [1.54, 1.807) is 12.1 Å². The van der Waals surface area contributed by atoms with E-state index in [-0.39, 0.29) is 12.2 Å². The normalized spacial score (nSPS) is 10.6. The van der Waals surface area contributed by atoms with Gasteiger partial charge in [-0.1, -0.05) is 18.2 Å². The summed E-state index contributed by atoms with van der Waals surface area (Å²) in [6.45, 7) is 1.10. The van der Waals surface area contributed by atoms with Gasteiger partial charge in [0.15, 0.2) is 30.5 Å². The summed E-state index contributed by atoms with van der Waals surface area (Å²) in [4.78, 5) is 23.6. The van der Waals surface area contributed by atoms with Gasteiger partial charge in [0.25, 0.3) is 0 Å². The van der Waals surface area contributed by atoms with Crippen LogP contribution in [0.15, 0.2) is 48.5 Å². The molecule has 0 unspecified atom stereocenters. The van der Waals surface area contributed by atoms with Gasteiger partial charge in [0.05, 0.1) is 7.11 Å². The van der Waals surface area contributed by atoms with Crippen LogP contribution in [0, 0.1) is 5.82 Å². The van der Waals surface area contributed by atoms with Crippen molar-refractivity contribution in [1.29, 1.82) is 0 Å². The van der Waals surface area contributed by atoms with E-state index in [4.69, 9.17) is 14.2 Å². The summed E-state index contributed by atoms with van der Waals surface area (Å²) in [5.74, 6) is -0.689. The van der Waals surface area contributed by atoms with Crippen molar-refractivity contribution in [1.82, 2.24) is 0 Å². The Labute approximate surface area is 151 Å². The van der Waals surface area contributed by atoms with E-state index in [2.05, 4.69) is 0 Å². The van der Waals surface area contributed by atoms with Gasteiger partial charge < -0.3 is 14.2 Å². The molecule has 0 aliphatic carbocycles. The number of rotatable bonds is 8. The lowest BCUT2D eigenvalue weighted by Crippen LogP contribution is -2.19. The third kappa shape index (κ3) is 5.44. The molecule has 0 aromatic heterocycles. The summed E-state index contributed by atoms with van der Waals surface area (Å²) in [6.07, 6.45) is 3.80. The van der Waals surface area contributed by atoms with Crippen LogP contribution in [0.25, 0.3) is 6.08 Å². The number of carbonyl (C=O) groups excluding carboxylic acids is 2. The minimum Gasteiger partial charge on any atom is -0.493 e. The van der Waals surface area contributed by atoms with E-state index in [1.165, 1.54) is 31.4 Å². The number of esters is 1. The average molecular weight is 358 g/mol. The second-order valence-electron chi connectivity index (χ2n) is 5.29. The number of hydrogen-bond donors (Lipinski definition) is 0. The Kier molecular flexibility index (Phi) is 6.91. The number of ketones is 1. The molecule has 0 fully saturated rings. The van der Waals surface area contributed by atoms with Gasteiger partial charge >= 0.3 is 5.97 Å². The number of carbonyl (C=O) groups is 2. The largest absolute Gasteiger partial charge is 0.493 e. The van der Waals surface area contributed by atoms with E-state index in [0.29, 0.717) is 11.5 Å². The number of halogens is 1. The highest BCUT2D eigenvalue weighted by atomic mass is 19.1. The van der Waals surface area contributed by atoms with Crippen LogP contribution in [-0.2, 0) is 9.53 Å². The van der Waals surface area contributed by atoms with E-state index in [1.807, 2.05) is 25.1 Å². The second-order valence-corrected chi connectivity index (χ2v) is 5.29. The van der Waals surface area contributed by atoms with Gasteiger partial charge in [0.1, 0.15) is 5.82 Å². The van der Waals surface area contributed by atoms with Gasteiger partial charge in [-0.15, -0.1) is 0 Å². The molecular formula is C20H19FO5. The molecule has 2 aromatic rings. The molecule has 0 aliphatic heterocycles.